The molecule has 1 nitrogen and oxygen atoms in total. The Morgan fingerprint density at radius 1 is 0.905 bits per heavy atom. The highest BCUT2D eigenvalue weighted by Gasteiger charge is 2.07. The van der Waals surface area contributed by atoms with Crippen LogP contribution in [0, 0.1) is 20.8 Å². The van der Waals surface area contributed by atoms with Crippen LogP contribution < -0.4 is 0 Å². The second-order valence-electron chi connectivity index (χ2n) is 5.53. The number of pyridine rings is 1. The first-order valence-electron chi connectivity index (χ1n) is 7.19. The van der Waals surface area contributed by atoms with Crippen molar-refractivity contribution in [3.05, 3.63) is 70.8 Å². The normalized spacial score (nSPS) is 11.0. The Bertz CT molecular complexity index is 778. The van der Waals surface area contributed by atoms with E-state index in [0.29, 0.717) is 0 Å². The molecule has 0 aliphatic heterocycles. The van der Waals surface area contributed by atoms with Crippen LogP contribution in [0.4, 0.5) is 0 Å². The summed E-state index contributed by atoms with van der Waals surface area (Å²) in [5, 5.41) is 2.38. The molecule has 21 heavy (non-hydrogen) atoms. The van der Waals surface area contributed by atoms with Gasteiger partial charge in [-0.1, -0.05) is 42.0 Å². The van der Waals surface area contributed by atoms with Crippen molar-refractivity contribution in [3.63, 3.8) is 0 Å². The largest absolute Gasteiger partial charge is 0.241 e. The Morgan fingerprint density at radius 2 is 1.67 bits per heavy atom. The number of aromatic nitrogens is 1. The van der Waals surface area contributed by atoms with Crippen molar-refractivity contribution in [1.29, 1.82) is 0 Å². The van der Waals surface area contributed by atoms with Gasteiger partial charge in [0.25, 0.3) is 0 Å². The summed E-state index contributed by atoms with van der Waals surface area (Å²) in [4.78, 5) is 4.85. The Morgan fingerprint density at radius 3 is 2.43 bits per heavy atom. The third-order valence-corrected chi connectivity index (χ3v) is 4.64. The first kappa shape index (κ1) is 14.2. The molecule has 2 aromatic carbocycles. The molecular weight excluding hydrogens is 274 g/mol. The van der Waals surface area contributed by atoms with Gasteiger partial charge in [0.05, 0.1) is 10.5 Å². The van der Waals surface area contributed by atoms with Crippen LogP contribution in [0.15, 0.2) is 53.6 Å². The van der Waals surface area contributed by atoms with E-state index in [1.165, 1.54) is 27.6 Å². The van der Waals surface area contributed by atoms with Crippen molar-refractivity contribution in [2.75, 3.05) is 0 Å². The number of nitrogens with zero attached hydrogens (tertiary/aromatic N) is 1. The molecule has 0 atom stereocenters. The third kappa shape index (κ3) is 3.11. The lowest BCUT2D eigenvalue weighted by atomic mass is 10.0. The van der Waals surface area contributed by atoms with E-state index >= 15 is 0 Å². The summed E-state index contributed by atoms with van der Waals surface area (Å²) in [6, 6.07) is 17.2. The number of hydrogen-bond acceptors (Lipinski definition) is 2. The van der Waals surface area contributed by atoms with Crippen LogP contribution in [-0.2, 0) is 5.75 Å². The minimum atomic E-state index is 0.962. The van der Waals surface area contributed by atoms with Crippen LogP contribution in [0.5, 0.6) is 0 Å². The molecule has 0 amide bonds. The van der Waals surface area contributed by atoms with Gasteiger partial charge in [0.1, 0.15) is 0 Å². The highest BCUT2D eigenvalue weighted by atomic mass is 32.2. The van der Waals surface area contributed by atoms with Gasteiger partial charge in [-0.2, -0.15) is 0 Å². The van der Waals surface area contributed by atoms with Crippen LogP contribution in [-0.4, -0.2) is 4.98 Å². The van der Waals surface area contributed by atoms with Crippen LogP contribution in [0.2, 0.25) is 0 Å². The summed E-state index contributed by atoms with van der Waals surface area (Å²) in [6.07, 6.45) is 0. The van der Waals surface area contributed by atoms with E-state index in [9.17, 15) is 0 Å². The molecule has 1 aromatic heterocycles. The van der Waals surface area contributed by atoms with E-state index in [1.807, 2.05) is 0 Å². The molecule has 0 fully saturated rings. The van der Waals surface area contributed by atoms with Crippen LogP contribution in [0.1, 0.15) is 22.3 Å². The highest BCUT2D eigenvalue weighted by molar-refractivity contribution is 7.98. The highest BCUT2D eigenvalue weighted by Crippen LogP contribution is 2.28. The molecule has 0 N–H and O–H groups in total. The fraction of sp³-hybridized carbons (Fsp3) is 0.211. The minimum Gasteiger partial charge on any atom is -0.241 e. The van der Waals surface area contributed by atoms with E-state index in [2.05, 4.69) is 69.3 Å². The predicted octanol–water partition coefficient (Wildman–Crippen LogP) is 5.45. The van der Waals surface area contributed by atoms with Gasteiger partial charge in [-0.15, -0.1) is 11.8 Å². The number of benzene rings is 2. The number of thioether (sulfide) groups is 1. The lowest BCUT2D eigenvalue weighted by Crippen LogP contribution is -1.91. The van der Waals surface area contributed by atoms with Gasteiger partial charge in [-0.3, -0.25) is 0 Å². The summed E-state index contributed by atoms with van der Waals surface area (Å²) in [5.74, 6) is 0.962. The first-order chi connectivity index (χ1) is 10.1. The molecule has 0 saturated heterocycles. The van der Waals surface area contributed by atoms with Gasteiger partial charge < -0.3 is 0 Å². The van der Waals surface area contributed by atoms with E-state index in [0.717, 1.165) is 16.3 Å². The number of aryl methyl sites for hydroxylation is 3. The molecular formula is C19H19NS. The van der Waals surface area contributed by atoms with Gasteiger partial charge in [0.2, 0.25) is 0 Å². The average Bonchev–Trinajstić information content (AvgIpc) is 2.47. The van der Waals surface area contributed by atoms with Gasteiger partial charge in [-0.05, 0) is 49.6 Å². The van der Waals surface area contributed by atoms with Crippen LogP contribution >= 0.6 is 11.8 Å². The standard InChI is InChI=1S/C19H19NS/c1-13-9-15(3)19-17(10-13)14(2)11-18(20-19)21-12-16-7-5-4-6-8-16/h4-11H,12H2,1-3H3. The summed E-state index contributed by atoms with van der Waals surface area (Å²) >= 11 is 1.80. The van der Waals surface area contributed by atoms with Crippen molar-refractivity contribution in [1.82, 2.24) is 4.98 Å². The van der Waals surface area contributed by atoms with E-state index in [1.54, 1.807) is 11.8 Å². The Labute approximate surface area is 130 Å². The molecule has 0 aliphatic carbocycles. The maximum absolute atomic E-state index is 4.85. The molecule has 2 heteroatoms. The monoisotopic (exact) mass is 293 g/mol. The van der Waals surface area contributed by atoms with Crippen LogP contribution in [0.25, 0.3) is 10.9 Å². The topological polar surface area (TPSA) is 12.9 Å². The van der Waals surface area contributed by atoms with Crippen LogP contribution in [0.3, 0.4) is 0 Å². The van der Waals surface area contributed by atoms with Crippen molar-refractivity contribution in [3.8, 4) is 0 Å². The summed E-state index contributed by atoms with van der Waals surface area (Å²) in [6.45, 7) is 6.47. The number of rotatable bonds is 3. The quantitative estimate of drug-likeness (QED) is 0.595. The summed E-state index contributed by atoms with van der Waals surface area (Å²) < 4.78 is 0. The van der Waals surface area contributed by atoms with E-state index in [-0.39, 0.29) is 0 Å². The molecule has 0 unspecified atom stereocenters. The van der Waals surface area contributed by atoms with E-state index < -0.39 is 0 Å². The lowest BCUT2D eigenvalue weighted by molar-refractivity contribution is 1.15. The number of fused-ring (bicyclic) bond motifs is 1. The minimum absolute atomic E-state index is 0.962. The van der Waals surface area contributed by atoms with Gasteiger partial charge in [-0.25, -0.2) is 4.98 Å². The summed E-state index contributed by atoms with van der Waals surface area (Å²) in [5.41, 5.74) is 6.34. The molecule has 0 aliphatic rings. The van der Waals surface area contributed by atoms with E-state index in [4.69, 9.17) is 4.98 Å². The average molecular weight is 293 g/mol. The van der Waals surface area contributed by atoms with Crippen molar-refractivity contribution < 1.29 is 0 Å². The van der Waals surface area contributed by atoms with Crippen molar-refractivity contribution in [2.45, 2.75) is 31.6 Å². The number of hydrogen-bond donors (Lipinski definition) is 0. The molecule has 3 aromatic rings. The molecule has 0 bridgehead atoms. The molecule has 0 radical (unpaired) electrons. The molecule has 0 spiro atoms. The zero-order valence-electron chi connectivity index (χ0n) is 12.7. The molecule has 106 valence electrons. The molecule has 0 saturated carbocycles. The van der Waals surface area contributed by atoms with Gasteiger partial charge >= 0.3 is 0 Å². The Balaban J connectivity index is 1.93. The lowest BCUT2D eigenvalue weighted by Gasteiger charge is -2.09. The second-order valence-corrected chi connectivity index (χ2v) is 6.53. The zero-order chi connectivity index (χ0) is 14.8. The van der Waals surface area contributed by atoms with Crippen molar-refractivity contribution in [2.24, 2.45) is 0 Å². The second kappa shape index (κ2) is 5.90. The first-order valence-corrected chi connectivity index (χ1v) is 8.17. The molecule has 1 heterocycles. The predicted molar refractivity (Wildman–Crippen MR) is 92.0 cm³/mol. The van der Waals surface area contributed by atoms with Gasteiger partial charge in [0.15, 0.2) is 0 Å². The maximum Gasteiger partial charge on any atom is 0.0973 e. The fourth-order valence-corrected chi connectivity index (χ4v) is 3.54. The Hall–Kier alpha value is -1.80. The zero-order valence-corrected chi connectivity index (χ0v) is 13.5. The fourth-order valence-electron chi connectivity index (χ4n) is 2.62. The van der Waals surface area contributed by atoms with Gasteiger partial charge in [0, 0.05) is 11.1 Å². The molecule has 3 rings (SSSR count). The third-order valence-electron chi connectivity index (χ3n) is 3.66. The summed E-state index contributed by atoms with van der Waals surface area (Å²) in [7, 11) is 0. The smallest absolute Gasteiger partial charge is 0.0973 e. The maximum atomic E-state index is 4.85. The van der Waals surface area contributed by atoms with Crippen molar-refractivity contribution >= 4 is 22.7 Å². The Kier molecular flexibility index (Phi) is 3.98. The SMILES string of the molecule is Cc1cc(C)c2nc(SCc3ccccc3)cc(C)c2c1.